The molecule has 0 spiro atoms. The maximum Gasteiger partial charge on any atom is 0.233 e. The lowest BCUT2D eigenvalue weighted by molar-refractivity contribution is -0.121. The minimum atomic E-state index is -0.183. The van der Waals surface area contributed by atoms with Gasteiger partial charge < -0.3 is 5.32 Å². The fraction of sp³-hybridized carbons (Fsp3) is 0.875. The highest BCUT2D eigenvalue weighted by Crippen LogP contribution is 2.08. The maximum absolute atomic E-state index is 11.2. The minimum absolute atomic E-state index is 0.0262. The Morgan fingerprint density at radius 1 is 1.27 bits per heavy atom. The third-order valence-corrected chi connectivity index (χ3v) is 2.16. The van der Waals surface area contributed by atoms with Gasteiger partial charge >= 0.3 is 0 Å². The topological polar surface area (TPSA) is 29.1 Å². The van der Waals surface area contributed by atoms with Gasteiger partial charge in [0.05, 0.1) is 5.25 Å². The Morgan fingerprint density at radius 3 is 2.00 bits per heavy atom. The summed E-state index contributed by atoms with van der Waals surface area (Å²) in [5.41, 5.74) is 0. The van der Waals surface area contributed by atoms with Crippen molar-refractivity contribution in [1.82, 2.24) is 5.32 Å². The highest BCUT2D eigenvalue weighted by Gasteiger charge is 2.17. The van der Waals surface area contributed by atoms with Crippen molar-refractivity contribution >= 4 is 18.5 Å². The molecule has 0 aromatic carbocycles. The summed E-state index contributed by atoms with van der Waals surface area (Å²) in [6.07, 6.45) is 0. The summed E-state index contributed by atoms with van der Waals surface area (Å²) in [6.45, 7) is 7.85. The normalized spacial score (nSPS) is 13.7. The predicted molar refractivity (Wildman–Crippen MR) is 50.9 cm³/mol. The van der Waals surface area contributed by atoms with Crippen molar-refractivity contribution in [3.63, 3.8) is 0 Å². The first-order valence-electron chi connectivity index (χ1n) is 3.93. The summed E-state index contributed by atoms with van der Waals surface area (Å²) in [5, 5.41) is 2.63. The van der Waals surface area contributed by atoms with Crippen molar-refractivity contribution in [1.29, 1.82) is 0 Å². The van der Waals surface area contributed by atoms with Gasteiger partial charge in [0.2, 0.25) is 5.91 Å². The zero-order chi connectivity index (χ0) is 9.02. The number of hydrogen-bond donors (Lipinski definition) is 2. The van der Waals surface area contributed by atoms with Gasteiger partial charge in [-0.05, 0) is 19.8 Å². The van der Waals surface area contributed by atoms with Crippen molar-refractivity contribution in [2.24, 2.45) is 5.92 Å². The van der Waals surface area contributed by atoms with Gasteiger partial charge in [0.15, 0.2) is 0 Å². The highest BCUT2D eigenvalue weighted by atomic mass is 32.1. The van der Waals surface area contributed by atoms with E-state index in [4.69, 9.17) is 0 Å². The highest BCUT2D eigenvalue weighted by molar-refractivity contribution is 7.81. The molecule has 1 atom stereocenters. The van der Waals surface area contributed by atoms with E-state index in [9.17, 15) is 4.79 Å². The molecule has 2 nitrogen and oxygen atoms in total. The molecule has 1 N–H and O–H groups in total. The van der Waals surface area contributed by atoms with Crippen LogP contribution in [0, 0.1) is 5.92 Å². The van der Waals surface area contributed by atoms with Gasteiger partial charge in [-0.2, -0.15) is 12.6 Å². The van der Waals surface area contributed by atoms with Crippen molar-refractivity contribution in [3.8, 4) is 0 Å². The summed E-state index contributed by atoms with van der Waals surface area (Å²) in [7, 11) is 0. The molecular weight excluding hydrogens is 158 g/mol. The van der Waals surface area contributed by atoms with Crippen LogP contribution in [0.5, 0.6) is 0 Å². The minimum Gasteiger partial charge on any atom is -0.353 e. The van der Waals surface area contributed by atoms with Crippen LogP contribution in [-0.2, 0) is 4.79 Å². The zero-order valence-corrected chi connectivity index (χ0v) is 8.48. The molecule has 66 valence electrons. The molecule has 0 heterocycles. The molecule has 0 aromatic rings. The molecule has 0 aliphatic carbocycles. The summed E-state index contributed by atoms with van der Waals surface area (Å²) in [4.78, 5) is 11.2. The molecule has 11 heavy (non-hydrogen) atoms. The summed E-state index contributed by atoms with van der Waals surface area (Å²) >= 11 is 4.18. The van der Waals surface area contributed by atoms with Crippen molar-refractivity contribution in [3.05, 3.63) is 0 Å². The fourth-order valence-corrected chi connectivity index (χ4v) is 0.747. The van der Waals surface area contributed by atoms with Crippen molar-refractivity contribution < 1.29 is 4.79 Å². The molecule has 0 saturated heterocycles. The first kappa shape index (κ1) is 10.8. The molecule has 1 unspecified atom stereocenters. The van der Waals surface area contributed by atoms with Gasteiger partial charge in [0.25, 0.3) is 0 Å². The molecule has 0 aromatic heterocycles. The Morgan fingerprint density at radius 2 is 1.73 bits per heavy atom. The van der Waals surface area contributed by atoms with Crippen LogP contribution in [0.25, 0.3) is 0 Å². The largest absolute Gasteiger partial charge is 0.353 e. The van der Waals surface area contributed by atoms with Gasteiger partial charge in [-0.3, -0.25) is 4.79 Å². The van der Waals surface area contributed by atoms with E-state index >= 15 is 0 Å². The second-order valence-corrected chi connectivity index (χ2v) is 3.91. The van der Waals surface area contributed by atoms with Crippen LogP contribution < -0.4 is 5.32 Å². The molecule has 0 saturated carbocycles. The van der Waals surface area contributed by atoms with Crippen LogP contribution in [0.2, 0.25) is 0 Å². The fourth-order valence-electron chi connectivity index (χ4n) is 0.673. The Labute approximate surface area is 74.2 Å². The SMILES string of the molecule is CC(C)NC(=O)C(S)C(C)C. The quantitative estimate of drug-likeness (QED) is 0.625. The molecule has 0 radical (unpaired) electrons. The summed E-state index contributed by atoms with van der Waals surface area (Å²) in [5.74, 6) is 0.315. The van der Waals surface area contributed by atoms with E-state index in [0.29, 0.717) is 0 Å². The van der Waals surface area contributed by atoms with E-state index in [1.54, 1.807) is 0 Å². The molecule has 0 aliphatic heterocycles. The first-order valence-corrected chi connectivity index (χ1v) is 4.45. The number of carbonyl (C=O) groups excluding carboxylic acids is 1. The second-order valence-electron chi connectivity index (χ2n) is 3.35. The molecule has 0 bridgehead atoms. The van der Waals surface area contributed by atoms with Gasteiger partial charge in [-0.25, -0.2) is 0 Å². The van der Waals surface area contributed by atoms with Crippen molar-refractivity contribution in [2.75, 3.05) is 0 Å². The molecule has 0 rings (SSSR count). The number of thiol groups is 1. The summed E-state index contributed by atoms with van der Waals surface area (Å²) < 4.78 is 0. The lowest BCUT2D eigenvalue weighted by Crippen LogP contribution is -2.38. The van der Waals surface area contributed by atoms with E-state index in [1.807, 2.05) is 27.7 Å². The van der Waals surface area contributed by atoms with Crippen LogP contribution in [0.1, 0.15) is 27.7 Å². The number of amides is 1. The predicted octanol–water partition coefficient (Wildman–Crippen LogP) is 1.47. The first-order chi connectivity index (χ1) is 4.95. The Kier molecular flexibility index (Phi) is 4.57. The smallest absolute Gasteiger partial charge is 0.233 e. The van der Waals surface area contributed by atoms with Crippen LogP contribution in [-0.4, -0.2) is 17.2 Å². The lowest BCUT2D eigenvalue weighted by Gasteiger charge is -2.16. The van der Waals surface area contributed by atoms with E-state index in [1.165, 1.54) is 0 Å². The number of carbonyl (C=O) groups is 1. The van der Waals surface area contributed by atoms with E-state index in [-0.39, 0.29) is 23.1 Å². The Hall–Kier alpha value is -0.180. The molecule has 1 amide bonds. The van der Waals surface area contributed by atoms with E-state index in [0.717, 1.165) is 0 Å². The molecular formula is C8H17NOS. The average molecular weight is 175 g/mol. The van der Waals surface area contributed by atoms with Crippen LogP contribution in [0.3, 0.4) is 0 Å². The number of nitrogens with one attached hydrogen (secondary N) is 1. The van der Waals surface area contributed by atoms with Gasteiger partial charge in [0, 0.05) is 6.04 Å². The van der Waals surface area contributed by atoms with E-state index < -0.39 is 0 Å². The number of hydrogen-bond acceptors (Lipinski definition) is 2. The summed E-state index contributed by atoms with van der Waals surface area (Å²) in [6, 6.07) is 0.205. The van der Waals surface area contributed by atoms with Gasteiger partial charge in [-0.15, -0.1) is 0 Å². The van der Waals surface area contributed by atoms with Crippen LogP contribution in [0.15, 0.2) is 0 Å². The standard InChI is InChI=1S/C8H17NOS/c1-5(2)7(11)8(10)9-6(3)4/h5-7,11H,1-4H3,(H,9,10). The average Bonchev–Trinajstić information content (AvgIpc) is 1.84. The molecule has 0 aliphatic rings. The second kappa shape index (κ2) is 4.65. The monoisotopic (exact) mass is 175 g/mol. The Bertz CT molecular complexity index is 134. The number of rotatable bonds is 3. The molecule has 0 fully saturated rings. The third kappa shape index (κ3) is 4.30. The van der Waals surface area contributed by atoms with E-state index in [2.05, 4.69) is 17.9 Å². The van der Waals surface area contributed by atoms with Gasteiger partial charge in [0.1, 0.15) is 0 Å². The zero-order valence-electron chi connectivity index (χ0n) is 7.59. The third-order valence-electron chi connectivity index (χ3n) is 1.33. The van der Waals surface area contributed by atoms with Crippen molar-refractivity contribution in [2.45, 2.75) is 39.0 Å². The lowest BCUT2D eigenvalue weighted by atomic mass is 10.1. The Balaban J connectivity index is 3.83. The molecule has 3 heteroatoms. The maximum atomic E-state index is 11.2. The van der Waals surface area contributed by atoms with Gasteiger partial charge in [-0.1, -0.05) is 13.8 Å². The van der Waals surface area contributed by atoms with Crippen LogP contribution >= 0.6 is 12.6 Å². The van der Waals surface area contributed by atoms with Crippen LogP contribution in [0.4, 0.5) is 0 Å².